The molecule has 0 aliphatic rings. The smallest absolute Gasteiger partial charge is 0.199 e. The first-order valence-corrected chi connectivity index (χ1v) is 4.16. The van der Waals surface area contributed by atoms with Gasteiger partial charge in [0, 0.05) is 12.6 Å². The third-order valence-electron chi connectivity index (χ3n) is 1.95. The molecule has 0 radical (unpaired) electrons. The van der Waals surface area contributed by atoms with E-state index in [0.717, 1.165) is 4.90 Å². The molecule has 6 heteroatoms. The van der Waals surface area contributed by atoms with Gasteiger partial charge in [0.1, 0.15) is 0 Å². The summed E-state index contributed by atoms with van der Waals surface area (Å²) in [5.74, 6) is -6.97. The normalized spacial score (nSPS) is 10.5. The molecule has 1 aromatic rings. The third-order valence-corrected chi connectivity index (χ3v) is 1.95. The molecule has 0 bridgehead atoms. The van der Waals surface area contributed by atoms with Crippen molar-refractivity contribution in [3.05, 3.63) is 29.3 Å². The molecule has 1 aromatic carbocycles. The van der Waals surface area contributed by atoms with Crippen LogP contribution < -0.4 is 4.90 Å². The van der Waals surface area contributed by atoms with E-state index in [1.54, 1.807) is 0 Å². The molecule has 0 saturated carbocycles. The van der Waals surface area contributed by atoms with Crippen LogP contribution in [0, 0.1) is 23.3 Å². The summed E-state index contributed by atoms with van der Waals surface area (Å²) in [6, 6.07) is 0.427. The molecule has 0 unspecified atom stereocenters. The summed E-state index contributed by atoms with van der Waals surface area (Å²) >= 11 is 0. The molecular formula is C9H8F5N. The summed E-state index contributed by atoms with van der Waals surface area (Å²) in [7, 11) is 0. The van der Waals surface area contributed by atoms with Gasteiger partial charge >= 0.3 is 0 Å². The quantitative estimate of drug-likeness (QED) is 0.331. The standard InChI is InChI=1S/C9H8F5N/c1-2-15(4-10)6-3-5(11)7(12)9(14)8(6)13/h3H,2,4H2,1H3. The van der Waals surface area contributed by atoms with Gasteiger partial charge in [0.25, 0.3) is 0 Å². The maximum Gasteiger partial charge on any atom is 0.199 e. The predicted molar refractivity (Wildman–Crippen MR) is 45.3 cm³/mol. The molecule has 84 valence electrons. The molecule has 0 heterocycles. The van der Waals surface area contributed by atoms with Gasteiger partial charge in [0.05, 0.1) is 5.69 Å². The Morgan fingerprint density at radius 1 is 1.07 bits per heavy atom. The van der Waals surface area contributed by atoms with E-state index in [4.69, 9.17) is 0 Å². The Morgan fingerprint density at radius 2 is 1.67 bits per heavy atom. The van der Waals surface area contributed by atoms with Crippen LogP contribution in [-0.2, 0) is 0 Å². The molecule has 15 heavy (non-hydrogen) atoms. The van der Waals surface area contributed by atoms with E-state index in [9.17, 15) is 22.0 Å². The van der Waals surface area contributed by atoms with Crippen molar-refractivity contribution in [3.63, 3.8) is 0 Å². The average molecular weight is 225 g/mol. The lowest BCUT2D eigenvalue weighted by Gasteiger charge is -2.19. The molecule has 1 nitrogen and oxygen atoms in total. The molecule has 0 aliphatic carbocycles. The molecule has 0 N–H and O–H groups in total. The number of hydrogen-bond donors (Lipinski definition) is 0. The predicted octanol–water partition coefficient (Wildman–Crippen LogP) is 3.00. The first-order valence-electron chi connectivity index (χ1n) is 4.16. The second-order valence-corrected chi connectivity index (χ2v) is 2.80. The summed E-state index contributed by atoms with van der Waals surface area (Å²) in [4.78, 5) is 0.737. The van der Waals surface area contributed by atoms with Gasteiger partial charge < -0.3 is 4.90 Å². The highest BCUT2D eigenvalue weighted by atomic mass is 19.2. The van der Waals surface area contributed by atoms with Crippen molar-refractivity contribution in [1.82, 2.24) is 0 Å². The SMILES string of the molecule is CCN(CF)c1cc(F)c(F)c(F)c1F. The Morgan fingerprint density at radius 3 is 2.13 bits per heavy atom. The molecule has 0 spiro atoms. The maximum absolute atomic E-state index is 13.1. The summed E-state index contributed by atoms with van der Waals surface area (Å²) in [6.45, 7) is 0.369. The van der Waals surface area contributed by atoms with Crippen LogP contribution in [-0.4, -0.2) is 13.3 Å². The van der Waals surface area contributed by atoms with Crippen LogP contribution in [0.2, 0.25) is 0 Å². The van der Waals surface area contributed by atoms with Gasteiger partial charge in [-0.05, 0) is 6.92 Å². The van der Waals surface area contributed by atoms with Crippen molar-refractivity contribution in [2.75, 3.05) is 18.2 Å². The zero-order valence-electron chi connectivity index (χ0n) is 7.83. The summed E-state index contributed by atoms with van der Waals surface area (Å²) in [5.41, 5.74) is -0.628. The lowest BCUT2D eigenvalue weighted by Crippen LogP contribution is -2.23. The maximum atomic E-state index is 13.1. The van der Waals surface area contributed by atoms with Gasteiger partial charge in [-0.1, -0.05) is 0 Å². The first-order chi connectivity index (χ1) is 7.02. The number of rotatable bonds is 3. The lowest BCUT2D eigenvalue weighted by atomic mass is 10.2. The summed E-state index contributed by atoms with van der Waals surface area (Å²) < 4.78 is 63.4. The number of benzene rings is 1. The number of anilines is 1. The molecule has 0 saturated heterocycles. The molecule has 0 atom stereocenters. The van der Waals surface area contributed by atoms with Crippen molar-refractivity contribution < 1.29 is 22.0 Å². The zero-order chi connectivity index (χ0) is 11.6. The molecule has 0 aliphatic heterocycles. The van der Waals surface area contributed by atoms with E-state index in [0.29, 0.717) is 6.07 Å². The largest absolute Gasteiger partial charge is 0.342 e. The fourth-order valence-corrected chi connectivity index (χ4v) is 1.11. The Labute approximate surface area is 83.1 Å². The monoisotopic (exact) mass is 225 g/mol. The molecule has 0 fully saturated rings. The fourth-order valence-electron chi connectivity index (χ4n) is 1.11. The molecular weight excluding hydrogens is 217 g/mol. The van der Waals surface area contributed by atoms with Crippen LogP contribution >= 0.6 is 0 Å². The Bertz CT molecular complexity index is 362. The highest BCUT2D eigenvalue weighted by Crippen LogP contribution is 2.25. The number of nitrogens with zero attached hydrogens (tertiary/aromatic N) is 1. The van der Waals surface area contributed by atoms with Gasteiger partial charge in [-0.3, -0.25) is 0 Å². The highest BCUT2D eigenvalue weighted by Gasteiger charge is 2.21. The van der Waals surface area contributed by atoms with E-state index >= 15 is 0 Å². The highest BCUT2D eigenvalue weighted by molar-refractivity contribution is 5.48. The van der Waals surface area contributed by atoms with E-state index in [1.165, 1.54) is 6.92 Å². The molecule has 0 amide bonds. The molecule has 1 rings (SSSR count). The number of alkyl halides is 1. The van der Waals surface area contributed by atoms with E-state index < -0.39 is 35.8 Å². The first kappa shape index (κ1) is 11.7. The van der Waals surface area contributed by atoms with Gasteiger partial charge in [-0.15, -0.1) is 0 Å². The van der Waals surface area contributed by atoms with Crippen molar-refractivity contribution in [3.8, 4) is 0 Å². The van der Waals surface area contributed by atoms with Gasteiger partial charge in [0.2, 0.25) is 0 Å². The average Bonchev–Trinajstić information content (AvgIpc) is 2.24. The van der Waals surface area contributed by atoms with Crippen LogP contribution in [0.5, 0.6) is 0 Å². The topological polar surface area (TPSA) is 3.24 Å². The van der Waals surface area contributed by atoms with Crippen LogP contribution in [0.25, 0.3) is 0 Å². The van der Waals surface area contributed by atoms with E-state index in [-0.39, 0.29) is 6.54 Å². The minimum Gasteiger partial charge on any atom is -0.342 e. The Balaban J connectivity index is 3.31. The minimum atomic E-state index is -1.93. The van der Waals surface area contributed by atoms with Crippen LogP contribution in [0.3, 0.4) is 0 Å². The second kappa shape index (κ2) is 4.46. The molecule has 0 aromatic heterocycles. The van der Waals surface area contributed by atoms with Gasteiger partial charge in [-0.2, -0.15) is 0 Å². The van der Waals surface area contributed by atoms with Crippen molar-refractivity contribution in [2.24, 2.45) is 0 Å². The van der Waals surface area contributed by atoms with E-state index in [1.807, 2.05) is 0 Å². The van der Waals surface area contributed by atoms with Gasteiger partial charge in [-0.25, -0.2) is 22.0 Å². The van der Waals surface area contributed by atoms with Crippen LogP contribution in [0.4, 0.5) is 27.6 Å². The Hall–Kier alpha value is -1.33. The summed E-state index contributed by atoms with van der Waals surface area (Å²) in [5, 5.41) is 0. The van der Waals surface area contributed by atoms with Crippen molar-refractivity contribution in [2.45, 2.75) is 6.92 Å². The minimum absolute atomic E-state index is 0.0118. The van der Waals surface area contributed by atoms with Crippen molar-refractivity contribution >= 4 is 5.69 Å². The van der Waals surface area contributed by atoms with Crippen molar-refractivity contribution in [1.29, 1.82) is 0 Å². The number of halogens is 5. The van der Waals surface area contributed by atoms with Crippen LogP contribution in [0.15, 0.2) is 6.07 Å². The number of hydrogen-bond acceptors (Lipinski definition) is 1. The summed E-state index contributed by atoms with van der Waals surface area (Å²) in [6.07, 6.45) is 0. The second-order valence-electron chi connectivity index (χ2n) is 2.80. The fraction of sp³-hybridized carbons (Fsp3) is 0.333. The lowest BCUT2D eigenvalue weighted by molar-refractivity contribution is 0.403. The van der Waals surface area contributed by atoms with Gasteiger partial charge in [0.15, 0.2) is 30.1 Å². The van der Waals surface area contributed by atoms with Crippen LogP contribution in [0.1, 0.15) is 6.92 Å². The van der Waals surface area contributed by atoms with E-state index in [2.05, 4.69) is 0 Å². The Kier molecular flexibility index (Phi) is 3.49. The zero-order valence-corrected chi connectivity index (χ0v) is 7.83. The third kappa shape index (κ3) is 2.03.